The van der Waals surface area contributed by atoms with Gasteiger partial charge in [-0.15, -0.1) is 0 Å². The number of likely N-dealkylation sites (N-methyl/N-ethyl adjacent to an activating group) is 1. The van der Waals surface area contributed by atoms with E-state index in [9.17, 15) is 31.9 Å². The van der Waals surface area contributed by atoms with Crippen LogP contribution in [0.25, 0.3) is 0 Å². The topological polar surface area (TPSA) is 57.7 Å². The Morgan fingerprint density at radius 1 is 1.13 bits per heavy atom. The fourth-order valence-electron chi connectivity index (χ4n) is 3.69. The summed E-state index contributed by atoms with van der Waals surface area (Å²) in [5.74, 6) is -2.18. The molecule has 1 saturated heterocycles. The number of alkyl halides is 3. The Balaban J connectivity index is 1.82. The van der Waals surface area contributed by atoms with Crippen molar-refractivity contribution in [2.24, 2.45) is 0 Å². The van der Waals surface area contributed by atoms with Crippen LogP contribution in [0.5, 0.6) is 0 Å². The minimum absolute atomic E-state index is 0.00811. The van der Waals surface area contributed by atoms with Crippen molar-refractivity contribution in [3.8, 4) is 0 Å². The van der Waals surface area contributed by atoms with Crippen LogP contribution in [0.15, 0.2) is 48.5 Å². The maximum absolute atomic E-state index is 13.8. The molecule has 5 nitrogen and oxygen atoms in total. The highest BCUT2D eigenvalue weighted by Gasteiger charge is 2.52. The van der Waals surface area contributed by atoms with Gasteiger partial charge in [0.05, 0.1) is 11.0 Å². The third-order valence-electron chi connectivity index (χ3n) is 5.50. The zero-order chi connectivity index (χ0) is 23.0. The van der Waals surface area contributed by atoms with Crippen LogP contribution in [-0.4, -0.2) is 41.6 Å². The Bertz CT molecular complexity index is 1020. The Morgan fingerprint density at radius 3 is 2.29 bits per heavy atom. The van der Waals surface area contributed by atoms with Crippen molar-refractivity contribution < 1.29 is 31.9 Å². The first-order valence-corrected chi connectivity index (χ1v) is 9.41. The van der Waals surface area contributed by atoms with E-state index in [2.05, 4.69) is 0 Å². The lowest BCUT2D eigenvalue weighted by Crippen LogP contribution is -2.41. The molecule has 0 unspecified atom stereocenters. The van der Waals surface area contributed by atoms with Gasteiger partial charge in [0.1, 0.15) is 5.82 Å². The molecule has 3 rings (SSSR count). The van der Waals surface area contributed by atoms with E-state index >= 15 is 0 Å². The summed E-state index contributed by atoms with van der Waals surface area (Å²) in [5.41, 5.74) is -1.63. The number of nitrogens with zero attached hydrogens (tertiary/aromatic N) is 2. The van der Waals surface area contributed by atoms with Crippen LogP contribution in [0, 0.1) is 5.82 Å². The average Bonchev–Trinajstić information content (AvgIpc) is 2.92. The van der Waals surface area contributed by atoms with E-state index in [0.717, 1.165) is 23.1 Å². The van der Waals surface area contributed by atoms with Crippen LogP contribution >= 0.6 is 0 Å². The van der Waals surface area contributed by atoms with Gasteiger partial charge in [0.2, 0.25) is 17.7 Å². The SMILES string of the molecule is CN(Cc1ccc(C(F)(F)F)cc1)C(=O)C[C@]1(c2cccc(F)c2)CC(=O)N(C)C1=O. The van der Waals surface area contributed by atoms with Crippen LogP contribution in [0.4, 0.5) is 17.6 Å². The second-order valence-electron chi connectivity index (χ2n) is 7.65. The molecule has 31 heavy (non-hydrogen) atoms. The van der Waals surface area contributed by atoms with Crippen LogP contribution < -0.4 is 0 Å². The van der Waals surface area contributed by atoms with Gasteiger partial charge in [-0.25, -0.2) is 4.39 Å². The normalized spacial score (nSPS) is 19.1. The Kier molecular flexibility index (Phi) is 5.89. The first-order valence-electron chi connectivity index (χ1n) is 9.41. The molecule has 1 aliphatic rings. The molecule has 0 radical (unpaired) electrons. The lowest BCUT2D eigenvalue weighted by molar-refractivity contribution is -0.141. The van der Waals surface area contributed by atoms with E-state index in [1.807, 2.05) is 0 Å². The lowest BCUT2D eigenvalue weighted by Gasteiger charge is -2.29. The zero-order valence-corrected chi connectivity index (χ0v) is 16.9. The van der Waals surface area contributed by atoms with Crippen LogP contribution in [0.2, 0.25) is 0 Å². The number of amides is 3. The van der Waals surface area contributed by atoms with Gasteiger partial charge in [-0.3, -0.25) is 19.3 Å². The zero-order valence-electron chi connectivity index (χ0n) is 16.9. The number of hydrogen-bond acceptors (Lipinski definition) is 3. The first kappa shape index (κ1) is 22.5. The molecular formula is C22H20F4N2O3. The standard InChI is InChI=1S/C22H20F4N2O3/c1-27(13-14-6-8-15(9-7-14)22(24,25)26)18(29)11-21(12-19(30)28(2)20(21)31)16-4-3-5-17(23)10-16/h3-10H,11-13H2,1-2H3/t21-/m1/s1. The van der Waals surface area contributed by atoms with Gasteiger partial charge in [0.15, 0.2) is 0 Å². The maximum Gasteiger partial charge on any atom is 0.416 e. The molecule has 0 aliphatic carbocycles. The molecular weight excluding hydrogens is 416 g/mol. The van der Waals surface area contributed by atoms with E-state index in [1.54, 1.807) is 0 Å². The molecule has 164 valence electrons. The van der Waals surface area contributed by atoms with E-state index in [4.69, 9.17) is 0 Å². The summed E-state index contributed by atoms with van der Waals surface area (Å²) in [6, 6.07) is 9.62. The Labute approximate surface area is 176 Å². The molecule has 0 N–H and O–H groups in total. The number of carbonyl (C=O) groups excluding carboxylic acids is 3. The van der Waals surface area contributed by atoms with E-state index in [-0.39, 0.29) is 24.9 Å². The largest absolute Gasteiger partial charge is 0.416 e. The van der Waals surface area contributed by atoms with Crippen molar-refractivity contribution in [2.45, 2.75) is 31.0 Å². The second kappa shape index (κ2) is 8.13. The van der Waals surface area contributed by atoms with Crippen molar-refractivity contribution in [2.75, 3.05) is 14.1 Å². The second-order valence-corrected chi connectivity index (χ2v) is 7.65. The highest BCUT2D eigenvalue weighted by Crippen LogP contribution is 2.40. The molecule has 0 saturated carbocycles. The third kappa shape index (κ3) is 4.45. The van der Waals surface area contributed by atoms with E-state index in [1.165, 1.54) is 49.3 Å². The monoisotopic (exact) mass is 436 g/mol. The summed E-state index contributed by atoms with van der Waals surface area (Å²) < 4.78 is 52.0. The molecule has 0 spiro atoms. The van der Waals surface area contributed by atoms with Crippen LogP contribution in [0.3, 0.4) is 0 Å². The fraction of sp³-hybridized carbons (Fsp3) is 0.318. The molecule has 0 aromatic heterocycles. The predicted octanol–water partition coefficient (Wildman–Crippen LogP) is 3.52. The quantitative estimate of drug-likeness (QED) is 0.533. The number of hydrogen-bond donors (Lipinski definition) is 0. The van der Waals surface area contributed by atoms with Gasteiger partial charge in [-0.2, -0.15) is 13.2 Å². The van der Waals surface area contributed by atoms with Crippen molar-refractivity contribution in [1.29, 1.82) is 0 Å². The molecule has 9 heteroatoms. The number of carbonyl (C=O) groups is 3. The average molecular weight is 436 g/mol. The molecule has 1 heterocycles. The summed E-state index contributed by atoms with van der Waals surface area (Å²) in [5, 5.41) is 0. The maximum atomic E-state index is 13.8. The van der Waals surface area contributed by atoms with Gasteiger partial charge in [0.25, 0.3) is 0 Å². The lowest BCUT2D eigenvalue weighted by atomic mass is 9.75. The van der Waals surface area contributed by atoms with Crippen LogP contribution in [-0.2, 0) is 32.5 Å². The van der Waals surface area contributed by atoms with Gasteiger partial charge >= 0.3 is 6.18 Å². The van der Waals surface area contributed by atoms with E-state index < -0.39 is 40.7 Å². The number of halogens is 4. The van der Waals surface area contributed by atoms with Crippen molar-refractivity contribution in [3.05, 3.63) is 71.0 Å². The summed E-state index contributed by atoms with van der Waals surface area (Å²) in [6.45, 7) is 0.00811. The summed E-state index contributed by atoms with van der Waals surface area (Å²) >= 11 is 0. The van der Waals surface area contributed by atoms with Crippen LogP contribution in [0.1, 0.15) is 29.5 Å². The number of imide groups is 1. The Hall–Kier alpha value is -3.23. The van der Waals surface area contributed by atoms with Gasteiger partial charge in [0, 0.05) is 33.5 Å². The number of likely N-dealkylation sites (tertiary alicyclic amines) is 1. The molecule has 1 atom stereocenters. The van der Waals surface area contributed by atoms with Crippen molar-refractivity contribution in [1.82, 2.24) is 9.80 Å². The molecule has 3 amide bonds. The number of rotatable bonds is 5. The fourth-order valence-corrected chi connectivity index (χ4v) is 3.69. The molecule has 2 aromatic rings. The summed E-state index contributed by atoms with van der Waals surface area (Å²) in [4.78, 5) is 40.2. The highest BCUT2D eigenvalue weighted by molar-refractivity contribution is 6.10. The highest BCUT2D eigenvalue weighted by atomic mass is 19.4. The first-order chi connectivity index (χ1) is 14.4. The van der Waals surface area contributed by atoms with Gasteiger partial charge < -0.3 is 4.90 Å². The summed E-state index contributed by atoms with van der Waals surface area (Å²) in [7, 11) is 2.76. The van der Waals surface area contributed by atoms with Crippen molar-refractivity contribution >= 4 is 17.7 Å². The van der Waals surface area contributed by atoms with Gasteiger partial charge in [-0.05, 0) is 35.4 Å². The summed E-state index contributed by atoms with van der Waals surface area (Å²) in [6.07, 6.45) is -5.10. The predicted molar refractivity (Wildman–Crippen MR) is 103 cm³/mol. The minimum atomic E-state index is -4.46. The molecule has 0 bridgehead atoms. The smallest absolute Gasteiger partial charge is 0.341 e. The molecule has 1 aliphatic heterocycles. The Morgan fingerprint density at radius 2 is 1.77 bits per heavy atom. The van der Waals surface area contributed by atoms with Gasteiger partial charge in [-0.1, -0.05) is 24.3 Å². The minimum Gasteiger partial charge on any atom is -0.341 e. The molecule has 2 aromatic carbocycles. The van der Waals surface area contributed by atoms with Crippen molar-refractivity contribution in [3.63, 3.8) is 0 Å². The van der Waals surface area contributed by atoms with E-state index in [0.29, 0.717) is 5.56 Å². The molecule has 1 fully saturated rings. The number of benzene rings is 2. The third-order valence-corrected chi connectivity index (χ3v) is 5.50.